The van der Waals surface area contributed by atoms with Gasteiger partial charge in [-0.05, 0) is 164 Å². The summed E-state index contributed by atoms with van der Waals surface area (Å²) in [6.07, 6.45) is 0. The Bertz CT molecular complexity index is 2120. The number of hydrogen-bond acceptors (Lipinski definition) is 2. The first-order valence-corrected chi connectivity index (χ1v) is 16.2. The fourth-order valence-corrected chi connectivity index (χ4v) is 7.77. The molecule has 0 amide bonds. The van der Waals surface area contributed by atoms with E-state index in [-0.39, 0.29) is 0 Å². The largest absolute Gasteiger partial charge is 0.494 e. The van der Waals surface area contributed by atoms with Gasteiger partial charge >= 0.3 is 7.12 Å². The topological polar surface area (TPSA) is 18.5 Å². The van der Waals surface area contributed by atoms with Gasteiger partial charge in [-0.1, -0.05) is 77.9 Å². The molecule has 6 aromatic carbocycles. The van der Waals surface area contributed by atoms with E-state index in [2.05, 4.69) is 148 Å². The second kappa shape index (κ2) is 10.3. The van der Waals surface area contributed by atoms with Crippen LogP contribution in [-0.2, 0) is 9.31 Å². The Balaban J connectivity index is 1.62. The lowest BCUT2D eigenvalue weighted by molar-refractivity contribution is 0.00578. The summed E-state index contributed by atoms with van der Waals surface area (Å²) in [5.41, 5.74) is 13.2. The summed E-state index contributed by atoms with van der Waals surface area (Å²) in [5.74, 6) is 0. The minimum Gasteiger partial charge on any atom is -0.399 e. The lowest BCUT2D eigenvalue weighted by atomic mass is 9.76. The Kier molecular flexibility index (Phi) is 6.82. The predicted octanol–water partition coefficient (Wildman–Crippen LogP) is 10.6. The second-order valence-corrected chi connectivity index (χ2v) is 14.4. The molecule has 6 aromatic rings. The van der Waals surface area contributed by atoms with Gasteiger partial charge in [0.2, 0.25) is 0 Å². The Hall–Kier alpha value is -3.92. The zero-order chi connectivity index (χ0) is 32.0. The maximum absolute atomic E-state index is 6.56. The molecule has 1 aliphatic rings. The molecule has 226 valence electrons. The lowest BCUT2D eigenvalue weighted by Crippen LogP contribution is -2.41. The Labute approximate surface area is 268 Å². The van der Waals surface area contributed by atoms with Gasteiger partial charge in [0.1, 0.15) is 0 Å². The van der Waals surface area contributed by atoms with Crippen molar-refractivity contribution < 1.29 is 9.31 Å². The maximum Gasteiger partial charge on any atom is 0.494 e. The number of aryl methyl sites for hydroxylation is 6. The van der Waals surface area contributed by atoms with Crippen LogP contribution in [0, 0.1) is 41.5 Å². The van der Waals surface area contributed by atoms with E-state index in [1.807, 2.05) is 0 Å². The second-order valence-electron chi connectivity index (χ2n) is 14.4. The molecule has 0 bridgehead atoms. The molecule has 1 heterocycles. The van der Waals surface area contributed by atoms with Crippen molar-refractivity contribution in [2.24, 2.45) is 0 Å². The van der Waals surface area contributed by atoms with Crippen molar-refractivity contribution in [3.63, 3.8) is 0 Å². The molecule has 7 rings (SSSR count). The average molecular weight is 591 g/mol. The normalized spacial score (nSPS) is 15.9. The first-order chi connectivity index (χ1) is 21.3. The number of benzene rings is 6. The summed E-state index contributed by atoms with van der Waals surface area (Å²) in [7, 11) is -0.428. The van der Waals surface area contributed by atoms with E-state index in [1.54, 1.807) is 0 Å². The highest BCUT2D eigenvalue weighted by Gasteiger charge is 2.51. The zero-order valence-corrected chi connectivity index (χ0v) is 28.4. The van der Waals surface area contributed by atoms with Crippen LogP contribution in [0.5, 0.6) is 0 Å². The van der Waals surface area contributed by atoms with E-state index in [9.17, 15) is 0 Å². The molecular formula is C42H43BO2. The van der Waals surface area contributed by atoms with Gasteiger partial charge in [0, 0.05) is 0 Å². The van der Waals surface area contributed by atoms with Crippen molar-refractivity contribution >= 4 is 44.9 Å². The molecule has 0 spiro atoms. The summed E-state index contributed by atoms with van der Waals surface area (Å²) >= 11 is 0. The van der Waals surface area contributed by atoms with Gasteiger partial charge in [-0.2, -0.15) is 0 Å². The maximum atomic E-state index is 6.56. The lowest BCUT2D eigenvalue weighted by Gasteiger charge is -2.32. The quantitative estimate of drug-likeness (QED) is 0.151. The Morgan fingerprint density at radius 2 is 0.844 bits per heavy atom. The highest BCUT2D eigenvalue weighted by molar-refractivity contribution is 6.62. The van der Waals surface area contributed by atoms with Gasteiger partial charge in [0.15, 0.2) is 0 Å². The van der Waals surface area contributed by atoms with Gasteiger partial charge in [-0.3, -0.25) is 0 Å². The monoisotopic (exact) mass is 590 g/mol. The van der Waals surface area contributed by atoms with Crippen molar-refractivity contribution in [3.05, 3.63) is 112 Å². The molecular weight excluding hydrogens is 547 g/mol. The summed E-state index contributed by atoms with van der Waals surface area (Å²) in [6.45, 7) is 21.8. The van der Waals surface area contributed by atoms with E-state index >= 15 is 0 Å². The van der Waals surface area contributed by atoms with Crippen molar-refractivity contribution in [3.8, 4) is 22.3 Å². The molecule has 0 unspecified atom stereocenters. The van der Waals surface area contributed by atoms with Crippen LogP contribution >= 0.6 is 0 Å². The number of rotatable bonds is 3. The Morgan fingerprint density at radius 1 is 0.444 bits per heavy atom. The highest BCUT2D eigenvalue weighted by Crippen LogP contribution is 2.45. The van der Waals surface area contributed by atoms with Crippen LogP contribution in [0.25, 0.3) is 54.6 Å². The van der Waals surface area contributed by atoms with Gasteiger partial charge < -0.3 is 9.31 Å². The van der Waals surface area contributed by atoms with Crippen molar-refractivity contribution in [2.75, 3.05) is 0 Å². The zero-order valence-electron chi connectivity index (χ0n) is 28.4. The predicted molar refractivity (Wildman–Crippen MR) is 194 cm³/mol. The first-order valence-electron chi connectivity index (χ1n) is 16.2. The van der Waals surface area contributed by atoms with Gasteiger partial charge in [-0.25, -0.2) is 0 Å². The molecule has 0 aliphatic carbocycles. The molecule has 0 aromatic heterocycles. The Morgan fingerprint density at radius 3 is 1.33 bits per heavy atom. The molecule has 2 nitrogen and oxygen atoms in total. The molecule has 3 heteroatoms. The minimum atomic E-state index is -0.428. The number of fused-ring (bicyclic) bond motifs is 5. The molecule has 1 saturated heterocycles. The van der Waals surface area contributed by atoms with E-state index < -0.39 is 18.3 Å². The van der Waals surface area contributed by atoms with Crippen molar-refractivity contribution in [1.29, 1.82) is 0 Å². The third-order valence-corrected chi connectivity index (χ3v) is 10.4. The van der Waals surface area contributed by atoms with Gasteiger partial charge in [-0.15, -0.1) is 0 Å². The first kappa shape index (κ1) is 29.8. The van der Waals surface area contributed by atoms with E-state index in [0.29, 0.717) is 0 Å². The SMILES string of the molecule is Cc1cc(C)c(-c2cc3c4cc(B5OC(C)(C)C(C)(C)O5)ccc4c(-c4c(C)cc(C)cc4C)cc3c3ccccc23)c(C)c1. The van der Waals surface area contributed by atoms with Crippen LogP contribution in [-0.4, -0.2) is 18.3 Å². The standard InChI is InChI=1S/C42H43BO2/c1-24-17-26(3)39(27(4)18-24)37-23-36-34-21-30(43-44-41(7,8)42(9,10)45-43)15-16-33(34)38(40-28(5)19-25(2)20-29(40)6)22-35(36)31-13-11-12-14-32(31)37/h11-23H,1-10H3. The summed E-state index contributed by atoms with van der Waals surface area (Å²) in [5, 5.41) is 7.55. The van der Waals surface area contributed by atoms with Crippen molar-refractivity contribution in [1.82, 2.24) is 0 Å². The van der Waals surface area contributed by atoms with Crippen LogP contribution in [0.15, 0.2) is 78.9 Å². The summed E-state index contributed by atoms with van der Waals surface area (Å²) in [4.78, 5) is 0. The van der Waals surface area contributed by atoms with Gasteiger partial charge in [0.25, 0.3) is 0 Å². The fraction of sp³-hybridized carbons (Fsp3) is 0.286. The van der Waals surface area contributed by atoms with Crippen LogP contribution < -0.4 is 5.46 Å². The third-order valence-electron chi connectivity index (χ3n) is 10.4. The smallest absolute Gasteiger partial charge is 0.399 e. The van der Waals surface area contributed by atoms with Crippen LogP contribution in [0.3, 0.4) is 0 Å². The minimum absolute atomic E-state index is 0.406. The molecule has 0 radical (unpaired) electrons. The molecule has 1 fully saturated rings. The molecule has 0 saturated carbocycles. The molecule has 45 heavy (non-hydrogen) atoms. The van der Waals surface area contributed by atoms with Gasteiger partial charge in [0.05, 0.1) is 11.2 Å². The molecule has 1 aliphatic heterocycles. The van der Waals surface area contributed by atoms with E-state index in [4.69, 9.17) is 9.31 Å². The average Bonchev–Trinajstić information content (AvgIpc) is 3.18. The van der Waals surface area contributed by atoms with E-state index in [1.165, 1.54) is 88.0 Å². The third kappa shape index (κ3) is 4.71. The molecule has 0 N–H and O–H groups in total. The number of hydrogen-bond donors (Lipinski definition) is 0. The highest BCUT2D eigenvalue weighted by atomic mass is 16.7. The van der Waals surface area contributed by atoms with E-state index in [0.717, 1.165) is 5.46 Å². The van der Waals surface area contributed by atoms with Crippen LogP contribution in [0.2, 0.25) is 0 Å². The summed E-state index contributed by atoms with van der Waals surface area (Å²) < 4.78 is 13.1. The van der Waals surface area contributed by atoms with Crippen molar-refractivity contribution in [2.45, 2.75) is 80.4 Å². The fourth-order valence-electron chi connectivity index (χ4n) is 7.77. The van der Waals surface area contributed by atoms with Crippen LogP contribution in [0.1, 0.15) is 61.1 Å². The molecule has 0 atom stereocenters. The van der Waals surface area contributed by atoms with Crippen LogP contribution in [0.4, 0.5) is 0 Å². The summed E-state index contributed by atoms with van der Waals surface area (Å²) in [6, 6.07) is 29.9.